The van der Waals surface area contributed by atoms with E-state index in [1.165, 1.54) is 52.0 Å². The van der Waals surface area contributed by atoms with Crippen molar-refractivity contribution >= 4 is 43.2 Å². The number of hydrogen-bond donors (Lipinski definition) is 0. The largest absolute Gasteiger partial charge is 0.319 e. The van der Waals surface area contributed by atoms with Crippen LogP contribution in [0.25, 0.3) is 10.2 Å². The minimum absolute atomic E-state index is 0.0343. The molecule has 2 aromatic carbocycles. The summed E-state index contributed by atoms with van der Waals surface area (Å²) in [6.07, 6.45) is 0. The number of hydrogen-bond acceptors (Lipinski definition) is 6. The summed E-state index contributed by atoms with van der Waals surface area (Å²) in [5, 5.41) is 11.0. The van der Waals surface area contributed by atoms with Crippen LogP contribution in [-0.2, 0) is 17.1 Å². The lowest BCUT2D eigenvalue weighted by Gasteiger charge is -2.25. The summed E-state index contributed by atoms with van der Waals surface area (Å²) < 4.78 is 30.1. The number of fused-ring (bicyclic) bond motifs is 1. The van der Waals surface area contributed by atoms with Gasteiger partial charge in [-0.15, -0.1) is 0 Å². The summed E-state index contributed by atoms with van der Waals surface area (Å²) in [5.74, 6) is -0.171. The van der Waals surface area contributed by atoms with Crippen LogP contribution in [0.4, 0.5) is 5.69 Å². The molecule has 0 N–H and O–H groups in total. The van der Waals surface area contributed by atoms with Crippen LogP contribution < -0.4 is 4.80 Å². The first-order valence-corrected chi connectivity index (χ1v) is 13.1. The molecule has 0 spiro atoms. The molecule has 9 nitrogen and oxygen atoms in total. The van der Waals surface area contributed by atoms with E-state index in [9.17, 15) is 23.3 Å². The smallest absolute Gasteiger partial charge is 0.279 e. The van der Waals surface area contributed by atoms with Crippen molar-refractivity contribution in [2.75, 3.05) is 13.1 Å². The van der Waals surface area contributed by atoms with Crippen LogP contribution in [0, 0.1) is 22.0 Å². The summed E-state index contributed by atoms with van der Waals surface area (Å²) >= 11 is 1.17. The van der Waals surface area contributed by atoms with E-state index in [1.54, 1.807) is 17.7 Å². The van der Waals surface area contributed by atoms with Crippen LogP contribution >= 0.6 is 11.3 Å². The van der Waals surface area contributed by atoms with Gasteiger partial charge in [0, 0.05) is 37.8 Å². The number of carbonyl (C=O) groups is 1. The summed E-state index contributed by atoms with van der Waals surface area (Å²) in [4.78, 5) is 28.0. The van der Waals surface area contributed by atoms with Gasteiger partial charge in [0.2, 0.25) is 10.0 Å². The van der Waals surface area contributed by atoms with Crippen LogP contribution in [0.3, 0.4) is 0 Å². The normalized spacial score (nSPS) is 12.9. The molecular weight excluding hydrogens is 476 g/mol. The van der Waals surface area contributed by atoms with Gasteiger partial charge in [-0.25, -0.2) is 8.42 Å². The maximum atomic E-state index is 13.2. The van der Waals surface area contributed by atoms with Crippen LogP contribution in [0.2, 0.25) is 0 Å². The third kappa shape index (κ3) is 5.60. The van der Waals surface area contributed by atoms with E-state index in [1.807, 2.05) is 27.7 Å². The molecule has 0 aliphatic rings. The van der Waals surface area contributed by atoms with Gasteiger partial charge in [0.1, 0.15) is 0 Å². The van der Waals surface area contributed by atoms with E-state index in [2.05, 4.69) is 4.99 Å². The molecule has 0 bridgehead atoms. The molecule has 0 unspecified atom stereocenters. The first-order chi connectivity index (χ1) is 15.9. The number of carbonyl (C=O) groups excluding carboxylic acids is 1. The predicted octanol–water partition coefficient (Wildman–Crippen LogP) is 4.19. The number of benzene rings is 2. The van der Waals surface area contributed by atoms with Gasteiger partial charge in [0.25, 0.3) is 11.6 Å². The Morgan fingerprint density at radius 3 is 2.21 bits per heavy atom. The molecule has 1 heterocycles. The molecule has 1 aromatic heterocycles. The quantitative estimate of drug-likeness (QED) is 0.337. The maximum absolute atomic E-state index is 13.2. The zero-order valence-corrected chi connectivity index (χ0v) is 21.4. The number of rotatable bonds is 8. The van der Waals surface area contributed by atoms with E-state index in [0.717, 1.165) is 5.52 Å². The molecule has 0 aliphatic heterocycles. The van der Waals surface area contributed by atoms with Crippen molar-refractivity contribution in [2.24, 2.45) is 23.9 Å². The van der Waals surface area contributed by atoms with Gasteiger partial charge in [0.15, 0.2) is 4.80 Å². The third-order valence-electron chi connectivity index (χ3n) is 5.08. The van der Waals surface area contributed by atoms with Gasteiger partial charge in [-0.3, -0.25) is 14.9 Å². The Labute approximate surface area is 202 Å². The highest BCUT2D eigenvalue weighted by Gasteiger charge is 2.26. The van der Waals surface area contributed by atoms with Crippen molar-refractivity contribution in [1.29, 1.82) is 0 Å². The molecule has 34 heavy (non-hydrogen) atoms. The first-order valence-electron chi connectivity index (χ1n) is 10.8. The highest BCUT2D eigenvalue weighted by molar-refractivity contribution is 7.89. The van der Waals surface area contributed by atoms with E-state index in [-0.39, 0.29) is 28.0 Å². The Hall–Kier alpha value is -2.89. The number of thiazole rings is 1. The standard InChI is InChI=1S/C23H28N4O5S2/c1-15(2)13-26(14-16(3)4)34(31,32)19-9-6-17(7-10-19)22(28)24-23-25(5)20-11-8-18(27(29)30)12-21(20)33-23/h6-12,15-16H,13-14H2,1-5H3. The minimum atomic E-state index is -3.69. The molecule has 11 heteroatoms. The molecule has 0 atom stereocenters. The molecule has 3 rings (SSSR count). The lowest BCUT2D eigenvalue weighted by molar-refractivity contribution is -0.384. The first kappa shape index (κ1) is 25.7. The zero-order valence-electron chi connectivity index (χ0n) is 19.8. The second-order valence-electron chi connectivity index (χ2n) is 8.90. The van der Waals surface area contributed by atoms with Crippen LogP contribution in [0.1, 0.15) is 38.1 Å². The zero-order chi connectivity index (χ0) is 25.2. The Morgan fingerprint density at radius 1 is 1.09 bits per heavy atom. The lowest BCUT2D eigenvalue weighted by atomic mass is 10.2. The highest BCUT2D eigenvalue weighted by Crippen LogP contribution is 2.23. The Morgan fingerprint density at radius 2 is 1.68 bits per heavy atom. The molecule has 0 aliphatic carbocycles. The SMILES string of the molecule is CC(C)CN(CC(C)C)S(=O)(=O)c1ccc(C(=O)N=c2sc3cc([N+](=O)[O-])ccc3n2C)cc1. The average Bonchev–Trinajstić information content (AvgIpc) is 3.07. The molecule has 1 amide bonds. The lowest BCUT2D eigenvalue weighted by Crippen LogP contribution is -2.37. The average molecular weight is 505 g/mol. The van der Waals surface area contributed by atoms with Crippen LogP contribution in [0.15, 0.2) is 52.4 Å². The van der Waals surface area contributed by atoms with Gasteiger partial charge in [-0.05, 0) is 42.2 Å². The highest BCUT2D eigenvalue weighted by atomic mass is 32.2. The Balaban J connectivity index is 1.91. The molecule has 0 radical (unpaired) electrons. The van der Waals surface area contributed by atoms with Crippen molar-refractivity contribution in [1.82, 2.24) is 8.87 Å². The van der Waals surface area contributed by atoms with E-state index in [0.29, 0.717) is 22.6 Å². The topological polar surface area (TPSA) is 115 Å². The molecule has 3 aromatic rings. The molecule has 0 saturated carbocycles. The van der Waals surface area contributed by atoms with E-state index in [4.69, 9.17) is 0 Å². The second-order valence-corrected chi connectivity index (χ2v) is 11.9. The molecule has 0 saturated heterocycles. The molecule has 182 valence electrons. The number of aryl methyl sites for hydroxylation is 1. The number of sulfonamides is 1. The van der Waals surface area contributed by atoms with Gasteiger partial charge >= 0.3 is 0 Å². The Kier molecular flexibility index (Phi) is 7.69. The number of non-ortho nitro benzene ring substituents is 1. The van der Waals surface area contributed by atoms with Gasteiger partial charge in [-0.2, -0.15) is 9.30 Å². The van der Waals surface area contributed by atoms with Crippen LogP contribution in [-0.4, -0.2) is 41.2 Å². The van der Waals surface area contributed by atoms with Crippen molar-refractivity contribution in [3.8, 4) is 0 Å². The maximum Gasteiger partial charge on any atom is 0.279 e. The number of nitro benzene ring substituents is 1. The summed E-state index contributed by atoms with van der Waals surface area (Å²) in [6.45, 7) is 8.71. The fraction of sp³-hybridized carbons (Fsp3) is 0.391. The number of nitrogens with zero attached hydrogens (tertiary/aromatic N) is 4. The van der Waals surface area contributed by atoms with Crippen molar-refractivity contribution < 1.29 is 18.1 Å². The van der Waals surface area contributed by atoms with Gasteiger partial charge in [-0.1, -0.05) is 39.0 Å². The summed E-state index contributed by atoms with van der Waals surface area (Å²) in [5.41, 5.74) is 0.939. The van der Waals surface area contributed by atoms with E-state index < -0.39 is 20.9 Å². The third-order valence-corrected chi connectivity index (χ3v) is 8.02. The summed E-state index contributed by atoms with van der Waals surface area (Å²) in [7, 11) is -1.97. The van der Waals surface area contributed by atoms with E-state index >= 15 is 0 Å². The number of nitro groups is 1. The predicted molar refractivity (Wildman–Crippen MR) is 132 cm³/mol. The fourth-order valence-corrected chi connectivity index (χ4v) is 6.31. The molecular formula is C23H28N4O5S2. The minimum Gasteiger partial charge on any atom is -0.319 e. The second kappa shape index (κ2) is 10.2. The number of amides is 1. The van der Waals surface area contributed by atoms with Gasteiger partial charge < -0.3 is 4.57 Å². The van der Waals surface area contributed by atoms with Gasteiger partial charge in [0.05, 0.1) is 20.0 Å². The molecule has 0 fully saturated rings. The van der Waals surface area contributed by atoms with Crippen LogP contribution in [0.5, 0.6) is 0 Å². The summed E-state index contributed by atoms with van der Waals surface area (Å²) in [6, 6.07) is 10.2. The van der Waals surface area contributed by atoms with Crippen molar-refractivity contribution in [2.45, 2.75) is 32.6 Å². The fourth-order valence-electron chi connectivity index (χ4n) is 3.50. The Bertz CT molecular complexity index is 1380. The van der Waals surface area contributed by atoms with Crippen molar-refractivity contribution in [3.63, 3.8) is 0 Å². The number of aromatic nitrogens is 1. The van der Waals surface area contributed by atoms with Crippen molar-refractivity contribution in [3.05, 3.63) is 62.9 Å². The monoisotopic (exact) mass is 504 g/mol.